The summed E-state index contributed by atoms with van der Waals surface area (Å²) in [6, 6.07) is 19.6. The van der Waals surface area contributed by atoms with E-state index in [1.54, 1.807) is 6.20 Å². The molecule has 0 spiro atoms. The third kappa shape index (κ3) is 5.38. The van der Waals surface area contributed by atoms with Crippen molar-refractivity contribution in [2.75, 3.05) is 31.1 Å². The summed E-state index contributed by atoms with van der Waals surface area (Å²) in [7, 11) is 0. The molecule has 5 aromatic rings. The highest BCUT2D eigenvalue weighted by Crippen LogP contribution is 2.31. The highest BCUT2D eigenvalue weighted by atomic mass is 19.1. The van der Waals surface area contributed by atoms with Crippen LogP contribution in [-0.2, 0) is 6.54 Å². The molecule has 1 aliphatic rings. The van der Waals surface area contributed by atoms with Crippen molar-refractivity contribution in [2.24, 2.45) is 0 Å². The number of aromatic nitrogens is 3. The van der Waals surface area contributed by atoms with Gasteiger partial charge < -0.3 is 9.42 Å². The largest absolute Gasteiger partial charge is 0.368 e. The van der Waals surface area contributed by atoms with Crippen molar-refractivity contribution < 1.29 is 13.3 Å². The van der Waals surface area contributed by atoms with Crippen molar-refractivity contribution in [1.82, 2.24) is 20.0 Å². The minimum absolute atomic E-state index is 0.477. The van der Waals surface area contributed by atoms with Crippen LogP contribution in [0.1, 0.15) is 31.2 Å². The fraction of sp³-hybridized carbons (Fsp3) is 0.258. The molecule has 0 N–H and O–H groups in total. The lowest BCUT2D eigenvalue weighted by molar-refractivity contribution is 0.240. The summed E-state index contributed by atoms with van der Waals surface area (Å²) in [5.41, 5.74) is 5.32. The number of hydrogen-bond acceptors (Lipinski definition) is 6. The number of rotatable bonds is 6. The van der Waals surface area contributed by atoms with Gasteiger partial charge in [-0.1, -0.05) is 43.3 Å². The van der Waals surface area contributed by atoms with Crippen molar-refractivity contribution in [3.63, 3.8) is 0 Å². The topological polar surface area (TPSA) is 58.3 Å². The average Bonchev–Trinajstić information content (AvgIpc) is 3.41. The lowest BCUT2D eigenvalue weighted by Gasteiger charge is -2.36. The van der Waals surface area contributed by atoms with E-state index in [-0.39, 0.29) is 0 Å². The summed E-state index contributed by atoms with van der Waals surface area (Å²) in [5.74, 6) is 0.512. The maximum atomic E-state index is 13.7. The third-order valence-corrected chi connectivity index (χ3v) is 7.29. The van der Waals surface area contributed by atoms with Gasteiger partial charge in [-0.05, 0) is 59.0 Å². The minimum Gasteiger partial charge on any atom is -0.368 e. The molecule has 0 unspecified atom stereocenters. The monoisotopic (exact) mass is 525 g/mol. The molecule has 1 saturated heterocycles. The zero-order chi connectivity index (χ0) is 26.9. The summed E-state index contributed by atoms with van der Waals surface area (Å²) in [5, 5.41) is 5.22. The van der Waals surface area contributed by atoms with E-state index in [0.717, 1.165) is 60.0 Å². The zero-order valence-electron chi connectivity index (χ0n) is 21.9. The Balaban J connectivity index is 1.12. The summed E-state index contributed by atoms with van der Waals surface area (Å²) in [4.78, 5) is 13.8. The summed E-state index contributed by atoms with van der Waals surface area (Å²) in [6.45, 7) is 8.38. The van der Waals surface area contributed by atoms with Gasteiger partial charge in [-0.2, -0.15) is 4.98 Å². The maximum Gasteiger partial charge on any atom is 0.257 e. The fourth-order valence-corrected chi connectivity index (χ4v) is 5.10. The number of anilines is 1. The average molecular weight is 526 g/mol. The predicted molar refractivity (Wildman–Crippen MR) is 148 cm³/mol. The van der Waals surface area contributed by atoms with Gasteiger partial charge in [0.15, 0.2) is 5.82 Å². The van der Waals surface area contributed by atoms with Gasteiger partial charge in [-0.25, -0.2) is 8.78 Å². The first kappa shape index (κ1) is 25.1. The SMILES string of the molecule is CC(C)c1ccc(-c2nc(CN3CCN(c4ccnc5cc(-c6cc(F)cc(F)c6)ccc45)CC3)no2)cc1. The Kier molecular flexibility index (Phi) is 6.79. The van der Waals surface area contributed by atoms with Crippen LogP contribution in [0.15, 0.2) is 77.4 Å². The highest BCUT2D eigenvalue weighted by Gasteiger charge is 2.21. The molecule has 1 fully saturated rings. The van der Waals surface area contributed by atoms with E-state index in [1.165, 1.54) is 17.7 Å². The molecule has 0 atom stereocenters. The summed E-state index contributed by atoms with van der Waals surface area (Å²) >= 11 is 0. The van der Waals surface area contributed by atoms with Crippen LogP contribution in [0, 0.1) is 11.6 Å². The second-order valence-electron chi connectivity index (χ2n) is 10.3. The van der Waals surface area contributed by atoms with E-state index in [4.69, 9.17) is 4.52 Å². The lowest BCUT2D eigenvalue weighted by Crippen LogP contribution is -2.46. The Bertz CT molecular complexity index is 1590. The number of fused-ring (bicyclic) bond motifs is 1. The van der Waals surface area contributed by atoms with Gasteiger partial charge in [0.1, 0.15) is 11.6 Å². The number of benzene rings is 3. The molecule has 8 heteroatoms. The second kappa shape index (κ2) is 10.5. The molecule has 1 aliphatic heterocycles. The number of nitrogens with zero attached hydrogens (tertiary/aromatic N) is 5. The molecule has 0 saturated carbocycles. The molecule has 2 aromatic heterocycles. The molecule has 0 bridgehead atoms. The maximum absolute atomic E-state index is 13.7. The lowest BCUT2D eigenvalue weighted by atomic mass is 10.0. The predicted octanol–water partition coefficient (Wildman–Crippen LogP) is 6.68. The van der Waals surface area contributed by atoms with Crippen LogP contribution in [0.2, 0.25) is 0 Å². The number of halogens is 2. The van der Waals surface area contributed by atoms with Crippen LogP contribution >= 0.6 is 0 Å². The standard InChI is InChI=1S/C31H29F2N5O/c1-20(2)21-3-5-22(6-4-21)31-35-30(36-39-31)19-37-11-13-38(14-12-37)29-9-10-34-28-17-23(7-8-27(28)29)24-15-25(32)18-26(33)16-24/h3-10,15-18,20H,11-14,19H2,1-2H3. The van der Waals surface area contributed by atoms with Crippen molar-refractivity contribution in [3.8, 4) is 22.6 Å². The van der Waals surface area contributed by atoms with Gasteiger partial charge in [0.25, 0.3) is 5.89 Å². The van der Waals surface area contributed by atoms with Crippen molar-refractivity contribution in [2.45, 2.75) is 26.3 Å². The van der Waals surface area contributed by atoms with E-state index in [1.807, 2.05) is 36.4 Å². The molecule has 39 heavy (non-hydrogen) atoms. The Morgan fingerprint density at radius 3 is 2.26 bits per heavy atom. The molecule has 3 aromatic carbocycles. The molecule has 6 rings (SSSR count). The quantitative estimate of drug-likeness (QED) is 0.247. The molecule has 3 heterocycles. The first-order chi connectivity index (χ1) is 18.9. The van der Waals surface area contributed by atoms with Crippen LogP contribution < -0.4 is 4.90 Å². The first-order valence-electron chi connectivity index (χ1n) is 13.2. The number of piperazine rings is 1. The molecule has 6 nitrogen and oxygen atoms in total. The van der Waals surface area contributed by atoms with Gasteiger partial charge in [-0.3, -0.25) is 9.88 Å². The minimum atomic E-state index is -0.595. The highest BCUT2D eigenvalue weighted by molar-refractivity contribution is 5.94. The Morgan fingerprint density at radius 1 is 0.821 bits per heavy atom. The van der Waals surface area contributed by atoms with Crippen molar-refractivity contribution in [3.05, 3.63) is 95.9 Å². The third-order valence-electron chi connectivity index (χ3n) is 7.29. The molecule has 198 valence electrons. The van der Waals surface area contributed by atoms with E-state index in [0.29, 0.717) is 29.7 Å². The van der Waals surface area contributed by atoms with Crippen LogP contribution in [0.5, 0.6) is 0 Å². The number of hydrogen-bond donors (Lipinski definition) is 0. The molecular formula is C31H29F2N5O. The first-order valence-corrected chi connectivity index (χ1v) is 13.2. The van der Waals surface area contributed by atoms with Crippen LogP contribution in [0.4, 0.5) is 14.5 Å². The van der Waals surface area contributed by atoms with E-state index in [9.17, 15) is 8.78 Å². The van der Waals surface area contributed by atoms with Crippen LogP contribution in [0.3, 0.4) is 0 Å². The Labute approximate surface area is 225 Å². The zero-order valence-corrected chi connectivity index (χ0v) is 21.9. The van der Waals surface area contributed by atoms with Crippen molar-refractivity contribution >= 4 is 16.6 Å². The van der Waals surface area contributed by atoms with Gasteiger partial charge >= 0.3 is 0 Å². The van der Waals surface area contributed by atoms with Gasteiger partial charge in [0, 0.05) is 55.1 Å². The van der Waals surface area contributed by atoms with E-state index >= 15 is 0 Å². The van der Waals surface area contributed by atoms with Crippen LogP contribution in [0.25, 0.3) is 33.5 Å². The fourth-order valence-electron chi connectivity index (χ4n) is 5.10. The summed E-state index contributed by atoms with van der Waals surface area (Å²) in [6.07, 6.45) is 1.79. The number of pyridine rings is 1. The normalized spacial score (nSPS) is 14.4. The molecular weight excluding hydrogens is 496 g/mol. The molecule has 0 aliphatic carbocycles. The Morgan fingerprint density at radius 2 is 1.54 bits per heavy atom. The van der Waals surface area contributed by atoms with E-state index < -0.39 is 11.6 Å². The molecule has 0 amide bonds. The second-order valence-corrected chi connectivity index (χ2v) is 10.3. The van der Waals surface area contributed by atoms with Crippen LogP contribution in [-0.4, -0.2) is 46.2 Å². The van der Waals surface area contributed by atoms with Gasteiger partial charge in [0.05, 0.1) is 12.1 Å². The van der Waals surface area contributed by atoms with Crippen molar-refractivity contribution in [1.29, 1.82) is 0 Å². The molecule has 0 radical (unpaired) electrons. The Hall–Kier alpha value is -4.17. The summed E-state index contributed by atoms with van der Waals surface area (Å²) < 4.78 is 33.0. The van der Waals surface area contributed by atoms with E-state index in [2.05, 4.69) is 50.9 Å². The smallest absolute Gasteiger partial charge is 0.257 e. The van der Waals surface area contributed by atoms with Gasteiger partial charge in [0.2, 0.25) is 0 Å². The van der Waals surface area contributed by atoms with Gasteiger partial charge in [-0.15, -0.1) is 0 Å².